The Hall–Kier alpha value is 0.378. The van der Waals surface area contributed by atoms with Crippen LogP contribution >= 0.6 is 0 Å². The van der Waals surface area contributed by atoms with Gasteiger partial charge in [-0.25, -0.2) is 0 Å². The predicted molar refractivity (Wildman–Crippen MR) is 15.0 cm³/mol. The van der Waals surface area contributed by atoms with Gasteiger partial charge in [0.15, 0.2) is 0 Å². The molecule has 0 aliphatic rings. The van der Waals surface area contributed by atoms with Crippen molar-refractivity contribution in [3.05, 3.63) is 0 Å². The fourth-order valence-corrected chi connectivity index (χ4v) is 0. The van der Waals surface area contributed by atoms with Crippen molar-refractivity contribution in [1.29, 1.82) is 0 Å². The Morgan fingerprint density at radius 2 is 1.80 bits per heavy atom. The third-order valence-corrected chi connectivity index (χ3v) is 0.717. The molecule has 0 N–H and O–H groups in total. The molecule has 32 valence electrons. The van der Waals surface area contributed by atoms with Crippen molar-refractivity contribution in [2.24, 2.45) is 0 Å². The third kappa shape index (κ3) is 4.38. The number of rotatable bonds is 1. The first-order valence-corrected chi connectivity index (χ1v) is 3.11. The molecular formula is CH3AsF2O. The van der Waals surface area contributed by atoms with Crippen LogP contribution in [0.1, 0.15) is 0 Å². The molecule has 0 radical (unpaired) electrons. The molecule has 0 heterocycles. The van der Waals surface area contributed by atoms with Gasteiger partial charge in [-0.1, -0.05) is 0 Å². The fourth-order valence-electron chi connectivity index (χ4n) is 0. The quantitative estimate of drug-likeness (QED) is 0.488. The maximum atomic E-state index is 10.7. The Labute approximate surface area is 34.6 Å². The van der Waals surface area contributed by atoms with Gasteiger partial charge in [0, 0.05) is 0 Å². The average Bonchev–Trinajstić information content (AvgIpc) is 1.38. The summed E-state index contributed by atoms with van der Waals surface area (Å²) in [6, 6.07) is 0. The summed E-state index contributed by atoms with van der Waals surface area (Å²) in [7, 11) is 1.01. The number of hydrogen-bond donors (Lipinski definition) is 0. The molecule has 0 aliphatic heterocycles. The van der Waals surface area contributed by atoms with Crippen LogP contribution in [0, 0.1) is 0 Å². The molecule has 1 nitrogen and oxygen atoms in total. The molecule has 0 amide bonds. The van der Waals surface area contributed by atoms with Gasteiger partial charge in [-0.05, 0) is 0 Å². The average molecular weight is 144 g/mol. The number of halogens is 2. The Bertz CT molecular complexity index is 23.6. The number of hydrogen-bond acceptors (Lipinski definition) is 1. The van der Waals surface area contributed by atoms with E-state index in [2.05, 4.69) is 3.73 Å². The van der Waals surface area contributed by atoms with Crippen molar-refractivity contribution in [2.75, 3.05) is 7.11 Å². The summed E-state index contributed by atoms with van der Waals surface area (Å²) in [6.07, 6.45) is 0. The van der Waals surface area contributed by atoms with Crippen LogP contribution in [-0.4, -0.2) is 23.0 Å². The van der Waals surface area contributed by atoms with Gasteiger partial charge in [0.1, 0.15) is 0 Å². The second kappa shape index (κ2) is 2.61. The van der Waals surface area contributed by atoms with Crippen LogP contribution in [0.2, 0.25) is 0 Å². The monoisotopic (exact) mass is 144 g/mol. The fraction of sp³-hybridized carbons (Fsp3) is 1.00. The van der Waals surface area contributed by atoms with Crippen LogP contribution in [0.4, 0.5) is 6.93 Å². The molecule has 0 spiro atoms. The van der Waals surface area contributed by atoms with Crippen LogP contribution < -0.4 is 0 Å². The third-order valence-electron chi connectivity index (χ3n) is 0.138. The molecule has 0 aromatic carbocycles. The predicted octanol–water partition coefficient (Wildman–Crippen LogP) is 0.557. The van der Waals surface area contributed by atoms with Gasteiger partial charge >= 0.3 is 33.7 Å². The zero-order valence-electron chi connectivity index (χ0n) is 2.61. The van der Waals surface area contributed by atoms with E-state index in [1.165, 1.54) is 0 Å². The molecule has 0 fully saturated rings. The Kier molecular flexibility index (Phi) is 2.80. The van der Waals surface area contributed by atoms with Crippen molar-refractivity contribution in [1.82, 2.24) is 0 Å². The molecule has 5 heavy (non-hydrogen) atoms. The molecule has 0 saturated heterocycles. The van der Waals surface area contributed by atoms with Crippen molar-refractivity contribution >= 4 is 15.9 Å². The molecule has 0 saturated carbocycles. The molecule has 0 rings (SSSR count). The second-order valence-electron chi connectivity index (χ2n) is 0.384. The summed E-state index contributed by atoms with van der Waals surface area (Å²) in [6.45, 7) is 0. The summed E-state index contributed by atoms with van der Waals surface area (Å²) in [5, 5.41) is 0. The Balaban J connectivity index is 2.54. The van der Waals surface area contributed by atoms with E-state index in [0.717, 1.165) is 7.11 Å². The first-order chi connectivity index (χ1) is 2.27. The van der Waals surface area contributed by atoms with Crippen LogP contribution in [0.15, 0.2) is 0 Å². The standard InChI is InChI=1S/CH3AsF2O/c1-5-2(3)4/h1H3. The minimum atomic E-state index is -3.70. The molecule has 0 bridgehead atoms. The summed E-state index contributed by atoms with van der Waals surface area (Å²) < 4.78 is 24.9. The molecule has 0 unspecified atom stereocenters. The maximum absolute atomic E-state index is 10.7. The SMILES string of the molecule is CO[As](F)F. The van der Waals surface area contributed by atoms with Gasteiger partial charge in [-0.3, -0.25) is 0 Å². The minimum absolute atomic E-state index is 1.01. The van der Waals surface area contributed by atoms with E-state index in [1.54, 1.807) is 0 Å². The van der Waals surface area contributed by atoms with E-state index < -0.39 is 15.9 Å². The van der Waals surface area contributed by atoms with Gasteiger partial charge in [-0.15, -0.1) is 0 Å². The van der Waals surface area contributed by atoms with Gasteiger partial charge in [0.25, 0.3) is 0 Å². The Morgan fingerprint density at radius 1 is 1.60 bits per heavy atom. The summed E-state index contributed by atoms with van der Waals surface area (Å²) in [5.74, 6) is 0. The summed E-state index contributed by atoms with van der Waals surface area (Å²) >= 11 is -3.70. The normalized spacial score (nSPS) is 9.60. The molecule has 0 atom stereocenters. The van der Waals surface area contributed by atoms with Crippen LogP contribution in [0.3, 0.4) is 0 Å². The first kappa shape index (κ1) is 5.38. The van der Waals surface area contributed by atoms with Gasteiger partial charge in [0.2, 0.25) is 0 Å². The topological polar surface area (TPSA) is 9.23 Å². The van der Waals surface area contributed by atoms with Gasteiger partial charge < -0.3 is 0 Å². The van der Waals surface area contributed by atoms with E-state index in [0.29, 0.717) is 0 Å². The summed E-state index contributed by atoms with van der Waals surface area (Å²) in [5.41, 5.74) is 0. The van der Waals surface area contributed by atoms with Gasteiger partial charge in [0.05, 0.1) is 0 Å². The van der Waals surface area contributed by atoms with Crippen molar-refractivity contribution in [2.45, 2.75) is 0 Å². The second-order valence-corrected chi connectivity index (χ2v) is 2.00. The van der Waals surface area contributed by atoms with Crippen LogP contribution in [-0.2, 0) is 3.73 Å². The van der Waals surface area contributed by atoms with Crippen molar-refractivity contribution < 1.29 is 10.7 Å². The molecule has 4 heteroatoms. The van der Waals surface area contributed by atoms with E-state index in [-0.39, 0.29) is 0 Å². The van der Waals surface area contributed by atoms with E-state index in [4.69, 9.17) is 0 Å². The first-order valence-electron chi connectivity index (χ1n) is 0.929. The molecule has 0 aromatic rings. The molecular weight excluding hydrogens is 141 g/mol. The van der Waals surface area contributed by atoms with E-state index >= 15 is 0 Å². The summed E-state index contributed by atoms with van der Waals surface area (Å²) in [4.78, 5) is 0. The van der Waals surface area contributed by atoms with Gasteiger partial charge in [-0.2, -0.15) is 0 Å². The Morgan fingerprint density at radius 3 is 1.80 bits per heavy atom. The van der Waals surface area contributed by atoms with Crippen molar-refractivity contribution in [3.63, 3.8) is 0 Å². The van der Waals surface area contributed by atoms with Crippen molar-refractivity contribution in [3.8, 4) is 0 Å². The van der Waals surface area contributed by atoms with Crippen LogP contribution in [0.25, 0.3) is 0 Å². The molecule has 0 aromatic heterocycles. The molecule has 0 aliphatic carbocycles. The van der Waals surface area contributed by atoms with E-state index in [9.17, 15) is 6.93 Å². The van der Waals surface area contributed by atoms with E-state index in [1.807, 2.05) is 0 Å². The zero-order valence-corrected chi connectivity index (χ0v) is 4.49. The zero-order chi connectivity index (χ0) is 4.28. The van der Waals surface area contributed by atoms with Crippen LogP contribution in [0.5, 0.6) is 0 Å².